The average Bonchev–Trinajstić information content (AvgIpc) is 1.73. The zero-order chi connectivity index (χ0) is 65.2. The Morgan fingerprint density at radius 2 is 0.720 bits per heavy atom. The van der Waals surface area contributed by atoms with Crippen molar-refractivity contribution in [2.24, 2.45) is 17.6 Å². The number of nitrogens with one attached hydrogen (secondary N) is 1. The Kier molecular flexibility index (Phi) is 22.0. The second-order valence-corrected chi connectivity index (χ2v) is 23.5. The highest BCUT2D eigenvalue weighted by Crippen LogP contribution is 2.45. The number of ether oxygens (including phenoxy) is 2. The third kappa shape index (κ3) is 14.3. The Balaban J connectivity index is 0.000000182. The summed E-state index contributed by atoms with van der Waals surface area (Å²) in [6.07, 6.45) is 0. The van der Waals surface area contributed by atoms with Crippen molar-refractivity contribution < 1.29 is 19.1 Å². The van der Waals surface area contributed by atoms with E-state index in [-0.39, 0.29) is 29.8 Å². The fraction of sp³-hybridized carbons (Fsp3) is 0.179. The molecule has 12 rings (SSSR count). The molecule has 0 amide bonds. The molecule has 0 saturated heterocycles. The van der Waals surface area contributed by atoms with Crippen molar-refractivity contribution in [2.45, 2.75) is 62.7 Å². The van der Waals surface area contributed by atoms with Crippen LogP contribution in [0, 0.1) is 11.8 Å². The van der Waals surface area contributed by atoms with Crippen molar-refractivity contribution in [2.75, 3.05) is 14.2 Å². The number of hydrogen-bond donors (Lipinski definition) is 2. The van der Waals surface area contributed by atoms with E-state index in [2.05, 4.69) is 271 Å². The van der Waals surface area contributed by atoms with Crippen LogP contribution < -0.4 is 11.1 Å². The largest absolute Gasteiger partial charge is 0.468 e. The lowest BCUT2D eigenvalue weighted by molar-refractivity contribution is -0.144. The number of methoxy groups -OCH3 is 2. The standard InChI is InChI=1S/C39H37N5O2.C33H25BrN4.C6H13NO2/c1-28(2)36(38(45)46-3)40-27-29-23-25-30(26-24-29)34-21-13-14-22-35(34)37-41-42-43-44(37)39(31-15-7-4-8-16-31,32-17-9-5-10-18-32)33-19-11-6-12-20-33;34-24-25-20-22-26(23-21-25)30-18-10-11-19-31(30)32-35-36-37-38(32)33(27-12-4-1-5-13-27,28-14-6-2-7-15-28)29-16-8-3-9-17-29;1-4(2)5(7)6(8)9-3/h4-26,28,36,40H,27H2,1-3H3;1-23H,24H2;4-5H,7H2,1-3H3/t36-;;5-/m0.0/s1. The van der Waals surface area contributed by atoms with Crippen molar-refractivity contribution in [1.29, 1.82) is 0 Å². The summed E-state index contributed by atoms with van der Waals surface area (Å²) in [4.78, 5) is 22.8. The summed E-state index contributed by atoms with van der Waals surface area (Å²) >= 11 is 3.55. The molecule has 3 N–H and O–H groups in total. The highest BCUT2D eigenvalue weighted by molar-refractivity contribution is 9.08. The lowest BCUT2D eigenvalue weighted by Gasteiger charge is -2.36. The molecule has 12 aromatic rings. The Hall–Kier alpha value is -10.3. The van der Waals surface area contributed by atoms with Gasteiger partial charge in [0.2, 0.25) is 0 Å². The molecule has 15 heteroatoms. The van der Waals surface area contributed by atoms with E-state index in [1.807, 2.05) is 91.7 Å². The summed E-state index contributed by atoms with van der Waals surface area (Å²) in [5.74, 6) is 1.01. The SMILES string of the molecule is BrCc1ccc(-c2ccccc2-c2nnnn2C(c2ccccc2)(c2ccccc2)c2ccccc2)cc1.COC(=O)[C@@H](N)C(C)C.COC(=O)[C@@H](NCc1ccc(-c2ccccc2-c2nnnn2C(c2ccccc2)(c2ccccc2)c2ccccc2)cc1)C(C)C. The number of nitrogens with zero attached hydrogens (tertiary/aromatic N) is 8. The quantitative estimate of drug-likeness (QED) is 0.0420. The third-order valence-electron chi connectivity index (χ3n) is 16.6. The first-order chi connectivity index (χ1) is 45.4. The van der Waals surface area contributed by atoms with Crippen LogP contribution in [0.1, 0.15) is 72.2 Å². The zero-order valence-corrected chi connectivity index (χ0v) is 54.5. The van der Waals surface area contributed by atoms with E-state index in [4.69, 9.17) is 20.9 Å². The molecule has 0 fully saturated rings. The third-order valence-corrected chi connectivity index (χ3v) is 17.2. The average molecular weight is 1300 g/mol. The molecule has 0 spiro atoms. The van der Waals surface area contributed by atoms with E-state index in [1.165, 1.54) is 19.8 Å². The topological polar surface area (TPSA) is 178 Å². The van der Waals surface area contributed by atoms with Crippen LogP contribution >= 0.6 is 15.9 Å². The Labute approximate surface area is 552 Å². The van der Waals surface area contributed by atoms with Gasteiger partial charge in [-0.2, -0.15) is 0 Å². The highest BCUT2D eigenvalue weighted by atomic mass is 79.9. The summed E-state index contributed by atoms with van der Waals surface area (Å²) in [5.41, 5.74) is 18.5. The molecule has 0 aliphatic carbocycles. The number of esters is 2. The summed E-state index contributed by atoms with van der Waals surface area (Å²) in [5, 5.41) is 31.5. The molecule has 2 heterocycles. The van der Waals surface area contributed by atoms with Gasteiger partial charge in [0, 0.05) is 23.0 Å². The van der Waals surface area contributed by atoms with Crippen LogP contribution in [-0.4, -0.2) is 78.7 Å². The first-order valence-electron chi connectivity index (χ1n) is 30.9. The maximum absolute atomic E-state index is 12.2. The first-order valence-corrected chi connectivity index (χ1v) is 32.1. The van der Waals surface area contributed by atoms with E-state index in [9.17, 15) is 9.59 Å². The molecule has 10 aromatic carbocycles. The molecule has 0 unspecified atom stereocenters. The molecule has 14 nitrogen and oxygen atoms in total. The van der Waals surface area contributed by atoms with Gasteiger partial charge in [-0.3, -0.25) is 9.59 Å². The molecule has 2 aromatic heterocycles. The monoisotopic (exact) mass is 1290 g/mol. The lowest BCUT2D eigenvalue weighted by atomic mass is 9.77. The van der Waals surface area contributed by atoms with Gasteiger partial charge in [0.1, 0.15) is 23.2 Å². The predicted octanol–water partition coefficient (Wildman–Crippen LogP) is 15.0. The van der Waals surface area contributed by atoms with Crippen LogP contribution in [0.4, 0.5) is 0 Å². The van der Waals surface area contributed by atoms with Gasteiger partial charge in [0.05, 0.1) is 14.2 Å². The maximum atomic E-state index is 12.2. The molecule has 0 aliphatic rings. The van der Waals surface area contributed by atoms with Gasteiger partial charge in [0.15, 0.2) is 11.6 Å². The van der Waals surface area contributed by atoms with Gasteiger partial charge >= 0.3 is 11.9 Å². The number of benzene rings is 10. The minimum absolute atomic E-state index is 0.110. The number of aromatic nitrogens is 8. The lowest BCUT2D eigenvalue weighted by Crippen LogP contribution is -2.41. The molecular formula is C78H75BrN10O4. The molecule has 93 heavy (non-hydrogen) atoms. The molecule has 0 bridgehead atoms. The van der Waals surface area contributed by atoms with Crippen molar-refractivity contribution in [1.82, 2.24) is 45.7 Å². The van der Waals surface area contributed by atoms with Crippen molar-refractivity contribution in [3.05, 3.63) is 324 Å². The van der Waals surface area contributed by atoms with Gasteiger partial charge in [-0.05, 0) is 99.5 Å². The smallest absolute Gasteiger partial charge is 0.323 e. The second-order valence-electron chi connectivity index (χ2n) is 23.0. The molecule has 468 valence electrons. The molecule has 2 atom stereocenters. The summed E-state index contributed by atoms with van der Waals surface area (Å²) < 4.78 is 13.3. The fourth-order valence-electron chi connectivity index (χ4n) is 11.8. The maximum Gasteiger partial charge on any atom is 0.323 e. The Morgan fingerprint density at radius 3 is 1.00 bits per heavy atom. The van der Waals surface area contributed by atoms with Gasteiger partial charge in [0.25, 0.3) is 0 Å². The van der Waals surface area contributed by atoms with Gasteiger partial charge in [-0.1, -0.05) is 323 Å². The van der Waals surface area contributed by atoms with E-state index in [0.29, 0.717) is 18.2 Å². The Morgan fingerprint density at radius 1 is 0.419 bits per heavy atom. The van der Waals surface area contributed by atoms with E-state index >= 15 is 0 Å². The summed E-state index contributed by atoms with van der Waals surface area (Å²) in [6.45, 7) is 8.31. The highest BCUT2D eigenvalue weighted by Gasteiger charge is 2.44. The summed E-state index contributed by atoms with van der Waals surface area (Å²) in [7, 11) is 2.76. The van der Waals surface area contributed by atoms with Crippen molar-refractivity contribution >= 4 is 27.9 Å². The van der Waals surface area contributed by atoms with Crippen LogP contribution in [0.15, 0.2) is 279 Å². The number of carbonyl (C=O) groups excluding carboxylic acids is 2. The number of alkyl halides is 1. The number of nitrogens with two attached hydrogens (primary N) is 1. The van der Waals surface area contributed by atoms with Crippen molar-refractivity contribution in [3.63, 3.8) is 0 Å². The normalized spacial score (nSPS) is 12.0. The van der Waals surface area contributed by atoms with Crippen LogP contribution in [0.2, 0.25) is 0 Å². The summed E-state index contributed by atoms with van der Waals surface area (Å²) in [6, 6.07) is 95.3. The molecule has 0 radical (unpaired) electrons. The molecule has 0 saturated carbocycles. The van der Waals surface area contributed by atoms with E-state index in [0.717, 1.165) is 77.7 Å². The minimum Gasteiger partial charge on any atom is -0.468 e. The first kappa shape index (κ1) is 65.6. The predicted molar refractivity (Wildman–Crippen MR) is 372 cm³/mol. The van der Waals surface area contributed by atoms with E-state index < -0.39 is 17.1 Å². The van der Waals surface area contributed by atoms with E-state index in [1.54, 1.807) is 0 Å². The van der Waals surface area contributed by atoms with Crippen LogP contribution in [0.25, 0.3) is 45.0 Å². The number of rotatable bonds is 20. The van der Waals surface area contributed by atoms with Crippen LogP contribution in [0.3, 0.4) is 0 Å². The zero-order valence-electron chi connectivity index (χ0n) is 52.9. The van der Waals surface area contributed by atoms with Gasteiger partial charge in [-0.25, -0.2) is 9.36 Å². The van der Waals surface area contributed by atoms with Crippen molar-refractivity contribution in [3.8, 4) is 45.0 Å². The molecule has 0 aliphatic heterocycles. The van der Waals surface area contributed by atoms with Gasteiger partial charge < -0.3 is 20.5 Å². The number of halogens is 1. The van der Waals surface area contributed by atoms with Gasteiger partial charge in [-0.15, -0.1) is 10.2 Å². The number of carbonyl (C=O) groups is 2. The Bertz CT molecular complexity index is 4100. The second kappa shape index (κ2) is 31.1. The molecular weight excluding hydrogens is 1220 g/mol. The number of hydrogen-bond acceptors (Lipinski definition) is 12. The van der Waals surface area contributed by atoms with Crippen LogP contribution in [0.5, 0.6) is 0 Å². The fourth-order valence-corrected chi connectivity index (χ4v) is 12.1. The minimum atomic E-state index is -0.849. The van der Waals surface area contributed by atoms with Crippen LogP contribution in [-0.2, 0) is 42.0 Å². The number of tetrazole rings is 2.